The van der Waals surface area contributed by atoms with E-state index >= 15 is 0 Å². The van der Waals surface area contributed by atoms with Crippen LogP contribution < -0.4 is 0 Å². The molecule has 1 aliphatic heterocycles. The van der Waals surface area contributed by atoms with Crippen LogP contribution in [0.1, 0.15) is 22.1 Å². The number of halogens is 1. The molecule has 3 rings (SSSR count). The summed E-state index contributed by atoms with van der Waals surface area (Å²) in [5.41, 5.74) is 1.61. The molecule has 2 aromatic rings. The van der Waals surface area contributed by atoms with Crippen LogP contribution in [-0.4, -0.2) is 35.1 Å². The average Bonchev–Trinajstić information content (AvgIpc) is 2.93. The Balaban J connectivity index is 1.93. The van der Waals surface area contributed by atoms with Crippen LogP contribution in [0.25, 0.3) is 0 Å². The first kappa shape index (κ1) is 14.2. The summed E-state index contributed by atoms with van der Waals surface area (Å²) in [6.07, 6.45) is 1.97. The van der Waals surface area contributed by atoms with Gasteiger partial charge >= 0.3 is 0 Å². The van der Waals surface area contributed by atoms with Crippen LogP contribution in [0.15, 0.2) is 42.6 Å². The first-order valence-electron chi connectivity index (χ1n) is 6.93. The highest BCUT2D eigenvalue weighted by molar-refractivity contribution is 6.33. The van der Waals surface area contributed by atoms with Crippen molar-refractivity contribution in [3.63, 3.8) is 0 Å². The van der Waals surface area contributed by atoms with Gasteiger partial charge in [-0.25, -0.2) is 0 Å². The average molecular weight is 305 g/mol. The van der Waals surface area contributed by atoms with Crippen molar-refractivity contribution in [2.75, 3.05) is 19.8 Å². The normalized spacial score (nSPS) is 18.8. The predicted octanol–water partition coefficient (Wildman–Crippen LogP) is 2.89. The minimum atomic E-state index is -0.0810. The summed E-state index contributed by atoms with van der Waals surface area (Å²) in [6, 6.07) is 11.1. The Morgan fingerprint density at radius 3 is 2.81 bits per heavy atom. The molecule has 21 heavy (non-hydrogen) atoms. The molecule has 0 saturated carbocycles. The summed E-state index contributed by atoms with van der Waals surface area (Å²) in [5.74, 6) is -0.0462. The van der Waals surface area contributed by atoms with Gasteiger partial charge in [0.2, 0.25) is 0 Å². The number of rotatable bonds is 2. The molecule has 1 aromatic heterocycles. The number of hydrogen-bond donors (Lipinski definition) is 0. The maximum absolute atomic E-state index is 12.8. The third kappa shape index (κ3) is 2.69. The summed E-state index contributed by atoms with van der Waals surface area (Å²) in [7, 11) is 1.97. The number of amides is 1. The van der Waals surface area contributed by atoms with E-state index in [0.717, 1.165) is 5.69 Å². The third-order valence-corrected chi connectivity index (χ3v) is 4.15. The molecule has 1 aliphatic rings. The van der Waals surface area contributed by atoms with Gasteiger partial charge in [0.1, 0.15) is 0 Å². The van der Waals surface area contributed by atoms with Crippen LogP contribution in [-0.2, 0) is 11.8 Å². The number of ether oxygens (including phenoxy) is 1. The van der Waals surface area contributed by atoms with Crippen molar-refractivity contribution < 1.29 is 9.53 Å². The van der Waals surface area contributed by atoms with Gasteiger partial charge < -0.3 is 14.2 Å². The number of benzene rings is 1. The van der Waals surface area contributed by atoms with E-state index in [0.29, 0.717) is 30.3 Å². The van der Waals surface area contributed by atoms with Crippen molar-refractivity contribution in [3.05, 3.63) is 58.9 Å². The van der Waals surface area contributed by atoms with Gasteiger partial charge in [-0.1, -0.05) is 23.7 Å². The molecule has 2 heterocycles. The Labute approximate surface area is 128 Å². The molecule has 1 saturated heterocycles. The number of hydrogen-bond acceptors (Lipinski definition) is 2. The van der Waals surface area contributed by atoms with Gasteiger partial charge in [-0.2, -0.15) is 0 Å². The van der Waals surface area contributed by atoms with Gasteiger partial charge in [-0.05, 0) is 24.3 Å². The van der Waals surface area contributed by atoms with Gasteiger partial charge in [0.05, 0.1) is 29.8 Å². The SMILES string of the molecule is Cn1cccc1C1COCCN1C(=O)c1ccccc1Cl. The minimum absolute atomic E-state index is 0.0462. The summed E-state index contributed by atoms with van der Waals surface area (Å²) in [6.45, 7) is 1.63. The topological polar surface area (TPSA) is 34.5 Å². The summed E-state index contributed by atoms with van der Waals surface area (Å²) >= 11 is 6.16. The summed E-state index contributed by atoms with van der Waals surface area (Å²) in [4.78, 5) is 14.7. The second-order valence-electron chi connectivity index (χ2n) is 5.11. The Bertz CT molecular complexity index is 653. The zero-order chi connectivity index (χ0) is 14.8. The van der Waals surface area contributed by atoms with Crippen molar-refractivity contribution >= 4 is 17.5 Å². The van der Waals surface area contributed by atoms with Gasteiger partial charge in [0, 0.05) is 25.5 Å². The van der Waals surface area contributed by atoms with Crippen molar-refractivity contribution in [1.82, 2.24) is 9.47 Å². The van der Waals surface area contributed by atoms with Crippen molar-refractivity contribution in [3.8, 4) is 0 Å². The molecule has 0 aliphatic carbocycles. The molecule has 0 N–H and O–H groups in total. The smallest absolute Gasteiger partial charge is 0.256 e. The molecule has 110 valence electrons. The lowest BCUT2D eigenvalue weighted by atomic mass is 10.1. The number of nitrogens with zero attached hydrogens (tertiary/aromatic N) is 2. The standard InChI is InChI=1S/C16H17ClN2O2/c1-18-8-4-7-14(18)15-11-21-10-9-19(15)16(20)12-5-2-3-6-13(12)17/h2-8,15H,9-11H2,1H3. The van der Waals surface area contributed by atoms with Crippen molar-refractivity contribution in [2.24, 2.45) is 7.05 Å². The highest BCUT2D eigenvalue weighted by atomic mass is 35.5. The van der Waals surface area contributed by atoms with Crippen LogP contribution in [0.2, 0.25) is 5.02 Å². The molecular weight excluding hydrogens is 288 g/mol. The Hall–Kier alpha value is -1.78. The molecule has 4 nitrogen and oxygen atoms in total. The fraction of sp³-hybridized carbons (Fsp3) is 0.312. The van der Waals surface area contributed by atoms with Crippen molar-refractivity contribution in [1.29, 1.82) is 0 Å². The minimum Gasteiger partial charge on any atom is -0.377 e. The predicted molar refractivity (Wildman–Crippen MR) is 81.5 cm³/mol. The number of aryl methyl sites for hydroxylation is 1. The lowest BCUT2D eigenvalue weighted by Crippen LogP contribution is -2.44. The molecule has 1 aromatic carbocycles. The lowest BCUT2D eigenvalue weighted by molar-refractivity contribution is -0.00462. The molecule has 1 unspecified atom stereocenters. The number of carbonyl (C=O) groups excluding carboxylic acids is 1. The van der Waals surface area contributed by atoms with Crippen LogP contribution in [0.3, 0.4) is 0 Å². The van der Waals surface area contributed by atoms with E-state index in [9.17, 15) is 4.79 Å². The molecule has 0 spiro atoms. The first-order valence-corrected chi connectivity index (χ1v) is 7.31. The summed E-state index contributed by atoms with van der Waals surface area (Å²) < 4.78 is 7.59. The van der Waals surface area contributed by atoms with Crippen LogP contribution in [0.5, 0.6) is 0 Å². The molecule has 1 atom stereocenters. The highest BCUT2D eigenvalue weighted by Crippen LogP contribution is 2.27. The monoisotopic (exact) mass is 304 g/mol. The van der Waals surface area contributed by atoms with Crippen LogP contribution in [0, 0.1) is 0 Å². The fourth-order valence-corrected chi connectivity index (χ4v) is 2.92. The van der Waals surface area contributed by atoms with Gasteiger partial charge in [-0.3, -0.25) is 4.79 Å². The van der Waals surface area contributed by atoms with E-state index in [-0.39, 0.29) is 11.9 Å². The largest absolute Gasteiger partial charge is 0.377 e. The van der Waals surface area contributed by atoms with E-state index in [4.69, 9.17) is 16.3 Å². The second kappa shape index (κ2) is 5.92. The zero-order valence-electron chi connectivity index (χ0n) is 11.8. The zero-order valence-corrected chi connectivity index (χ0v) is 12.6. The Morgan fingerprint density at radius 2 is 2.10 bits per heavy atom. The van der Waals surface area contributed by atoms with Crippen LogP contribution in [0.4, 0.5) is 0 Å². The first-order chi connectivity index (χ1) is 10.2. The number of aromatic nitrogens is 1. The highest BCUT2D eigenvalue weighted by Gasteiger charge is 2.31. The van der Waals surface area contributed by atoms with Crippen molar-refractivity contribution in [2.45, 2.75) is 6.04 Å². The van der Waals surface area contributed by atoms with Crippen LogP contribution >= 0.6 is 11.6 Å². The number of carbonyl (C=O) groups is 1. The molecule has 1 amide bonds. The fourth-order valence-electron chi connectivity index (χ4n) is 2.70. The van der Waals surface area contributed by atoms with Gasteiger partial charge in [0.25, 0.3) is 5.91 Å². The molecule has 5 heteroatoms. The third-order valence-electron chi connectivity index (χ3n) is 3.82. The van der Waals surface area contributed by atoms with E-state index in [1.54, 1.807) is 12.1 Å². The van der Waals surface area contributed by atoms with Gasteiger partial charge in [0.15, 0.2) is 0 Å². The lowest BCUT2D eigenvalue weighted by Gasteiger charge is -2.36. The molecular formula is C16H17ClN2O2. The van der Waals surface area contributed by atoms with E-state index in [1.165, 1.54) is 0 Å². The Kier molecular flexibility index (Phi) is 3.99. The summed E-state index contributed by atoms with van der Waals surface area (Å²) in [5, 5.41) is 0.486. The van der Waals surface area contributed by atoms with E-state index in [1.807, 2.05) is 47.0 Å². The maximum atomic E-state index is 12.8. The molecule has 0 radical (unpaired) electrons. The Morgan fingerprint density at radius 1 is 1.29 bits per heavy atom. The second-order valence-corrected chi connectivity index (χ2v) is 5.52. The quantitative estimate of drug-likeness (QED) is 0.855. The van der Waals surface area contributed by atoms with E-state index < -0.39 is 0 Å². The maximum Gasteiger partial charge on any atom is 0.256 e. The number of morpholine rings is 1. The van der Waals surface area contributed by atoms with E-state index in [2.05, 4.69) is 0 Å². The molecule has 1 fully saturated rings. The van der Waals surface area contributed by atoms with Gasteiger partial charge in [-0.15, -0.1) is 0 Å². The molecule has 0 bridgehead atoms.